The topological polar surface area (TPSA) is 101 Å². The number of aryl methyl sites for hydroxylation is 1. The summed E-state index contributed by atoms with van der Waals surface area (Å²) in [7, 11) is 1.64. The van der Waals surface area contributed by atoms with E-state index in [0.29, 0.717) is 39.5 Å². The van der Waals surface area contributed by atoms with Crippen LogP contribution in [0.15, 0.2) is 65.6 Å². The van der Waals surface area contributed by atoms with Gasteiger partial charge in [-0.2, -0.15) is 5.10 Å². The SMILES string of the molecule is Cc1c(-c2ccc(=O)n(C)c2)nn(-c2ccccc2)c1NC(=O)NC1c2cc(F)c(F)cc2C(C)(C)CC1O. The van der Waals surface area contributed by atoms with Crippen molar-refractivity contribution < 1.29 is 18.7 Å². The predicted octanol–water partition coefficient (Wildman–Crippen LogP) is 4.73. The van der Waals surface area contributed by atoms with Crippen LogP contribution >= 0.6 is 0 Å². The number of aliphatic hydroxyl groups excluding tert-OH is 1. The number of halogens is 2. The Morgan fingerprint density at radius 1 is 1.10 bits per heavy atom. The first-order chi connectivity index (χ1) is 18.5. The fraction of sp³-hybridized carbons (Fsp3) is 0.276. The summed E-state index contributed by atoms with van der Waals surface area (Å²) in [6.07, 6.45) is 0.888. The lowest BCUT2D eigenvalue weighted by atomic mass is 9.69. The molecule has 0 saturated heterocycles. The lowest BCUT2D eigenvalue weighted by Gasteiger charge is -2.40. The van der Waals surface area contributed by atoms with Gasteiger partial charge in [-0.3, -0.25) is 10.1 Å². The zero-order chi connectivity index (χ0) is 28.1. The maximum atomic E-state index is 14.2. The van der Waals surface area contributed by atoms with Crippen LogP contribution in [0, 0.1) is 18.6 Å². The van der Waals surface area contributed by atoms with Gasteiger partial charge in [-0.25, -0.2) is 18.3 Å². The van der Waals surface area contributed by atoms with E-state index >= 15 is 0 Å². The molecule has 2 aromatic carbocycles. The monoisotopic (exact) mass is 533 g/mol. The molecule has 0 fully saturated rings. The second kappa shape index (κ2) is 9.77. The number of carbonyl (C=O) groups is 1. The Kier molecular flexibility index (Phi) is 6.59. The van der Waals surface area contributed by atoms with E-state index in [9.17, 15) is 23.5 Å². The minimum Gasteiger partial charge on any atom is -0.391 e. The van der Waals surface area contributed by atoms with Gasteiger partial charge in [0, 0.05) is 30.4 Å². The van der Waals surface area contributed by atoms with Crippen LogP contribution in [0.25, 0.3) is 16.9 Å². The maximum Gasteiger partial charge on any atom is 0.320 e. The minimum absolute atomic E-state index is 0.164. The van der Waals surface area contributed by atoms with Crippen molar-refractivity contribution >= 4 is 11.8 Å². The number of para-hydroxylation sites is 1. The van der Waals surface area contributed by atoms with Crippen molar-refractivity contribution in [2.24, 2.45) is 7.05 Å². The van der Waals surface area contributed by atoms with Crippen LogP contribution in [-0.2, 0) is 12.5 Å². The molecule has 2 unspecified atom stereocenters. The lowest BCUT2D eigenvalue weighted by molar-refractivity contribution is 0.0878. The van der Waals surface area contributed by atoms with Gasteiger partial charge in [-0.05, 0) is 60.2 Å². The van der Waals surface area contributed by atoms with Crippen molar-refractivity contribution in [1.82, 2.24) is 19.7 Å². The van der Waals surface area contributed by atoms with Crippen molar-refractivity contribution in [3.8, 4) is 16.9 Å². The van der Waals surface area contributed by atoms with Gasteiger partial charge in [0.15, 0.2) is 11.6 Å². The molecular formula is C29H29F2N5O3. The van der Waals surface area contributed by atoms with Crippen LogP contribution in [0.3, 0.4) is 0 Å². The van der Waals surface area contributed by atoms with E-state index in [0.717, 1.165) is 12.1 Å². The first-order valence-corrected chi connectivity index (χ1v) is 12.5. The van der Waals surface area contributed by atoms with Crippen LogP contribution in [0.2, 0.25) is 0 Å². The first-order valence-electron chi connectivity index (χ1n) is 12.5. The molecule has 1 aliphatic rings. The van der Waals surface area contributed by atoms with Gasteiger partial charge >= 0.3 is 6.03 Å². The van der Waals surface area contributed by atoms with E-state index in [-0.39, 0.29) is 12.0 Å². The standard InChI is InChI=1S/C29H29F2N5O3/c1-16-25(17-10-11-24(38)35(4)15-17)34-36(18-8-6-5-7-9-18)27(16)33-28(39)32-26-19-12-21(30)22(31)13-20(19)29(2,3)14-23(26)37/h5-13,15,23,26,37H,14H2,1-4H3,(H2,32,33,39). The summed E-state index contributed by atoms with van der Waals surface area (Å²) in [6.45, 7) is 5.48. The Bertz CT molecular complexity index is 1630. The van der Waals surface area contributed by atoms with E-state index in [1.807, 2.05) is 44.2 Å². The zero-order valence-electron chi connectivity index (χ0n) is 22.0. The Labute approximate surface area is 223 Å². The van der Waals surface area contributed by atoms with Crippen LogP contribution in [0.4, 0.5) is 19.4 Å². The maximum absolute atomic E-state index is 14.2. The quantitative estimate of drug-likeness (QED) is 0.353. The lowest BCUT2D eigenvalue weighted by Crippen LogP contribution is -2.45. The van der Waals surface area contributed by atoms with Crippen molar-refractivity contribution in [1.29, 1.82) is 0 Å². The number of hydrogen-bond acceptors (Lipinski definition) is 4. The number of carbonyl (C=O) groups excluding carboxylic acids is 1. The molecule has 2 heterocycles. The molecule has 3 N–H and O–H groups in total. The van der Waals surface area contributed by atoms with E-state index in [2.05, 4.69) is 10.6 Å². The molecule has 2 aromatic heterocycles. The highest BCUT2D eigenvalue weighted by atomic mass is 19.2. The highest BCUT2D eigenvalue weighted by molar-refractivity contribution is 5.91. The number of nitrogens with zero attached hydrogens (tertiary/aromatic N) is 3. The number of anilines is 1. The number of hydrogen-bond donors (Lipinski definition) is 3. The smallest absolute Gasteiger partial charge is 0.320 e. The number of aliphatic hydroxyl groups is 1. The second-order valence-corrected chi connectivity index (χ2v) is 10.5. The first kappa shape index (κ1) is 26.3. The Morgan fingerprint density at radius 3 is 2.49 bits per heavy atom. The molecule has 0 bridgehead atoms. The Morgan fingerprint density at radius 2 is 1.79 bits per heavy atom. The number of rotatable bonds is 4. The number of urea groups is 1. The Balaban J connectivity index is 1.52. The third kappa shape index (κ3) is 4.83. The van der Waals surface area contributed by atoms with Crippen molar-refractivity contribution in [3.05, 3.63) is 99.5 Å². The van der Waals surface area contributed by atoms with E-state index < -0.39 is 35.2 Å². The summed E-state index contributed by atoms with van der Waals surface area (Å²) in [6, 6.07) is 12.9. The normalized spacial score (nSPS) is 17.9. The fourth-order valence-electron chi connectivity index (χ4n) is 5.23. The largest absolute Gasteiger partial charge is 0.391 e. The average Bonchev–Trinajstić information content (AvgIpc) is 3.20. The van der Waals surface area contributed by atoms with Gasteiger partial charge in [0.1, 0.15) is 5.82 Å². The van der Waals surface area contributed by atoms with Gasteiger partial charge in [-0.1, -0.05) is 32.0 Å². The molecule has 202 valence electrons. The summed E-state index contributed by atoms with van der Waals surface area (Å²) in [5.74, 6) is -1.65. The Hall–Kier alpha value is -4.31. The summed E-state index contributed by atoms with van der Waals surface area (Å²) < 4.78 is 31.4. The van der Waals surface area contributed by atoms with Gasteiger partial charge in [0.2, 0.25) is 5.56 Å². The molecule has 1 aliphatic carbocycles. The number of aromatic nitrogens is 3. The molecule has 0 spiro atoms. The third-order valence-corrected chi connectivity index (χ3v) is 7.26. The molecule has 0 aliphatic heterocycles. The highest BCUT2D eigenvalue weighted by Gasteiger charge is 2.40. The van der Waals surface area contributed by atoms with Crippen molar-refractivity contribution in [2.75, 3.05) is 5.32 Å². The third-order valence-electron chi connectivity index (χ3n) is 7.26. The molecule has 0 saturated carbocycles. The molecular weight excluding hydrogens is 504 g/mol. The molecule has 2 atom stereocenters. The van der Waals surface area contributed by atoms with Gasteiger partial charge in [-0.15, -0.1) is 0 Å². The second-order valence-electron chi connectivity index (χ2n) is 10.5. The average molecular weight is 534 g/mol. The number of nitrogens with one attached hydrogen (secondary N) is 2. The molecule has 8 nitrogen and oxygen atoms in total. The van der Waals surface area contributed by atoms with E-state index in [1.165, 1.54) is 10.6 Å². The minimum atomic E-state index is -1.05. The molecule has 10 heteroatoms. The number of benzene rings is 2. The molecule has 2 amide bonds. The molecule has 39 heavy (non-hydrogen) atoms. The number of pyridine rings is 1. The summed E-state index contributed by atoms with van der Waals surface area (Å²) in [5.41, 5.74) is 2.65. The highest BCUT2D eigenvalue weighted by Crippen LogP contribution is 2.42. The van der Waals surface area contributed by atoms with Crippen LogP contribution in [0.5, 0.6) is 0 Å². The van der Waals surface area contributed by atoms with Crippen LogP contribution in [-0.4, -0.2) is 31.6 Å². The summed E-state index contributed by atoms with van der Waals surface area (Å²) >= 11 is 0. The van der Waals surface area contributed by atoms with E-state index in [1.54, 1.807) is 30.9 Å². The zero-order valence-corrected chi connectivity index (χ0v) is 22.0. The van der Waals surface area contributed by atoms with Gasteiger partial charge in [0.25, 0.3) is 0 Å². The summed E-state index contributed by atoms with van der Waals surface area (Å²) in [5, 5.41) is 21.2. The van der Waals surface area contributed by atoms with Gasteiger partial charge < -0.3 is 15.0 Å². The van der Waals surface area contributed by atoms with Crippen molar-refractivity contribution in [3.63, 3.8) is 0 Å². The van der Waals surface area contributed by atoms with Crippen LogP contribution < -0.4 is 16.2 Å². The molecule has 5 rings (SSSR count). The van der Waals surface area contributed by atoms with Crippen LogP contribution in [0.1, 0.15) is 43.0 Å². The molecule has 4 aromatic rings. The summed E-state index contributed by atoms with van der Waals surface area (Å²) in [4.78, 5) is 25.3. The van der Waals surface area contributed by atoms with E-state index in [4.69, 9.17) is 5.10 Å². The molecule has 0 radical (unpaired) electrons. The predicted molar refractivity (Wildman–Crippen MR) is 144 cm³/mol. The fourth-order valence-corrected chi connectivity index (χ4v) is 5.23. The number of amides is 2. The van der Waals surface area contributed by atoms with Gasteiger partial charge in [0.05, 0.1) is 23.5 Å². The van der Waals surface area contributed by atoms with Crippen molar-refractivity contribution in [2.45, 2.75) is 44.8 Å². The number of fused-ring (bicyclic) bond motifs is 1.